The van der Waals surface area contributed by atoms with Crippen LogP contribution in [0.15, 0.2) is 18.2 Å². The fraction of sp³-hybridized carbons (Fsp3) is 0.611. The van der Waals surface area contributed by atoms with Crippen LogP contribution in [0.5, 0.6) is 11.5 Å². The first-order valence-electron chi connectivity index (χ1n) is 8.30. The van der Waals surface area contributed by atoms with E-state index >= 15 is 0 Å². The van der Waals surface area contributed by atoms with Crippen LogP contribution in [0, 0.1) is 5.92 Å². The number of ether oxygens (including phenoxy) is 3. The monoisotopic (exact) mass is 321 g/mol. The average molecular weight is 321 g/mol. The molecule has 5 nitrogen and oxygen atoms in total. The molecule has 1 aliphatic rings. The topological polar surface area (TPSA) is 56.8 Å². The van der Waals surface area contributed by atoms with E-state index in [1.165, 1.54) is 12.8 Å². The van der Waals surface area contributed by atoms with E-state index in [0.29, 0.717) is 30.2 Å². The summed E-state index contributed by atoms with van der Waals surface area (Å²) in [5.41, 5.74) is 0.567. The normalized spacial score (nSPS) is 13.9. The molecule has 0 saturated heterocycles. The summed E-state index contributed by atoms with van der Waals surface area (Å²) in [4.78, 5) is 12.1. The van der Waals surface area contributed by atoms with E-state index in [9.17, 15) is 4.79 Å². The van der Waals surface area contributed by atoms with Crippen LogP contribution in [0.4, 0.5) is 0 Å². The summed E-state index contributed by atoms with van der Waals surface area (Å²) in [6.07, 6.45) is 3.48. The molecule has 0 aromatic heterocycles. The number of carbonyl (C=O) groups excluding carboxylic acids is 1. The summed E-state index contributed by atoms with van der Waals surface area (Å²) in [5, 5.41) is 2.90. The molecule has 0 aliphatic heterocycles. The van der Waals surface area contributed by atoms with Gasteiger partial charge < -0.3 is 19.5 Å². The van der Waals surface area contributed by atoms with Crippen molar-refractivity contribution in [1.82, 2.24) is 5.32 Å². The summed E-state index contributed by atoms with van der Waals surface area (Å²) in [5.74, 6) is 1.89. The second-order valence-electron chi connectivity index (χ2n) is 6.16. The predicted octanol–water partition coefficient (Wildman–Crippen LogP) is 3.03. The molecule has 1 N–H and O–H groups in total. The Morgan fingerprint density at radius 1 is 1.30 bits per heavy atom. The lowest BCUT2D eigenvalue weighted by molar-refractivity contribution is 0.0937. The van der Waals surface area contributed by atoms with Crippen molar-refractivity contribution in [3.05, 3.63) is 23.8 Å². The molecule has 1 amide bonds. The maximum Gasteiger partial charge on any atom is 0.251 e. The van der Waals surface area contributed by atoms with Gasteiger partial charge in [-0.2, -0.15) is 0 Å². The molecule has 1 saturated carbocycles. The lowest BCUT2D eigenvalue weighted by atomic mass is 10.2. The summed E-state index contributed by atoms with van der Waals surface area (Å²) in [6, 6.07) is 5.22. The van der Waals surface area contributed by atoms with Gasteiger partial charge in [-0.1, -0.05) is 0 Å². The third kappa shape index (κ3) is 6.10. The molecule has 128 valence electrons. The van der Waals surface area contributed by atoms with Gasteiger partial charge >= 0.3 is 0 Å². The predicted molar refractivity (Wildman–Crippen MR) is 89.3 cm³/mol. The van der Waals surface area contributed by atoms with Crippen LogP contribution in [0.2, 0.25) is 0 Å². The Kier molecular flexibility index (Phi) is 6.71. The first kappa shape index (κ1) is 17.6. The Labute approximate surface area is 138 Å². The van der Waals surface area contributed by atoms with Gasteiger partial charge in [-0.25, -0.2) is 0 Å². The fourth-order valence-corrected chi connectivity index (χ4v) is 2.17. The van der Waals surface area contributed by atoms with Crippen molar-refractivity contribution in [2.45, 2.75) is 39.2 Å². The molecule has 2 rings (SSSR count). The van der Waals surface area contributed by atoms with Crippen molar-refractivity contribution < 1.29 is 19.0 Å². The lowest BCUT2D eigenvalue weighted by Gasteiger charge is -2.14. The minimum absolute atomic E-state index is 0.0548. The first-order chi connectivity index (χ1) is 11.1. The SMILES string of the molecule is COc1cc(C(=O)NCCCOCC2CC2)ccc1OC(C)C. The van der Waals surface area contributed by atoms with Gasteiger partial charge in [0.05, 0.1) is 13.2 Å². The van der Waals surface area contributed by atoms with E-state index in [4.69, 9.17) is 14.2 Å². The molecule has 1 fully saturated rings. The largest absolute Gasteiger partial charge is 0.493 e. The molecule has 0 heterocycles. The zero-order chi connectivity index (χ0) is 16.7. The summed E-state index contributed by atoms with van der Waals surface area (Å²) in [7, 11) is 1.57. The number of methoxy groups -OCH3 is 1. The number of hydrogen-bond donors (Lipinski definition) is 1. The minimum Gasteiger partial charge on any atom is -0.493 e. The number of benzene rings is 1. The smallest absolute Gasteiger partial charge is 0.251 e. The third-order valence-electron chi connectivity index (χ3n) is 3.59. The van der Waals surface area contributed by atoms with Gasteiger partial charge in [0.1, 0.15) is 0 Å². The van der Waals surface area contributed by atoms with Crippen LogP contribution < -0.4 is 14.8 Å². The van der Waals surface area contributed by atoms with Crippen LogP contribution in [0.1, 0.15) is 43.5 Å². The van der Waals surface area contributed by atoms with Crippen LogP contribution >= 0.6 is 0 Å². The van der Waals surface area contributed by atoms with Crippen LogP contribution in [-0.4, -0.2) is 38.9 Å². The van der Waals surface area contributed by atoms with Gasteiger partial charge in [-0.3, -0.25) is 4.79 Å². The van der Waals surface area contributed by atoms with E-state index in [2.05, 4.69) is 5.32 Å². The molecular weight excluding hydrogens is 294 g/mol. The van der Waals surface area contributed by atoms with Crippen molar-refractivity contribution in [3.8, 4) is 11.5 Å². The van der Waals surface area contributed by atoms with Crippen LogP contribution in [0.25, 0.3) is 0 Å². The number of hydrogen-bond acceptors (Lipinski definition) is 4. The van der Waals surface area contributed by atoms with Gasteiger partial charge in [-0.05, 0) is 57.2 Å². The van der Waals surface area contributed by atoms with Crippen molar-refractivity contribution >= 4 is 5.91 Å². The molecular formula is C18H27NO4. The van der Waals surface area contributed by atoms with Crippen LogP contribution in [-0.2, 0) is 4.74 Å². The van der Waals surface area contributed by atoms with Crippen molar-refractivity contribution in [3.63, 3.8) is 0 Å². The highest BCUT2D eigenvalue weighted by Crippen LogP contribution is 2.29. The molecule has 0 bridgehead atoms. The molecule has 0 spiro atoms. The summed E-state index contributed by atoms with van der Waals surface area (Å²) < 4.78 is 16.5. The van der Waals surface area contributed by atoms with Crippen molar-refractivity contribution in [1.29, 1.82) is 0 Å². The van der Waals surface area contributed by atoms with E-state index in [1.54, 1.807) is 25.3 Å². The molecule has 0 unspecified atom stereocenters. The molecule has 5 heteroatoms. The van der Waals surface area contributed by atoms with Crippen molar-refractivity contribution in [2.75, 3.05) is 26.9 Å². The highest BCUT2D eigenvalue weighted by Gasteiger charge is 2.20. The Morgan fingerprint density at radius 2 is 2.09 bits per heavy atom. The maximum absolute atomic E-state index is 12.1. The van der Waals surface area contributed by atoms with E-state index < -0.39 is 0 Å². The second kappa shape index (κ2) is 8.77. The van der Waals surface area contributed by atoms with E-state index in [1.807, 2.05) is 13.8 Å². The standard InChI is InChI=1S/C18H27NO4/c1-13(2)23-16-8-7-15(11-17(16)21-3)18(20)19-9-4-10-22-12-14-5-6-14/h7-8,11,13-14H,4-6,9-10,12H2,1-3H3,(H,19,20). The van der Waals surface area contributed by atoms with Gasteiger partial charge in [-0.15, -0.1) is 0 Å². The Morgan fingerprint density at radius 3 is 2.74 bits per heavy atom. The second-order valence-corrected chi connectivity index (χ2v) is 6.16. The summed E-state index contributed by atoms with van der Waals surface area (Å²) >= 11 is 0. The molecule has 1 aromatic carbocycles. The highest BCUT2D eigenvalue weighted by atomic mass is 16.5. The van der Waals surface area contributed by atoms with Gasteiger partial charge in [0.15, 0.2) is 11.5 Å². The molecule has 0 radical (unpaired) electrons. The third-order valence-corrected chi connectivity index (χ3v) is 3.59. The molecule has 23 heavy (non-hydrogen) atoms. The zero-order valence-electron chi connectivity index (χ0n) is 14.3. The molecule has 1 aliphatic carbocycles. The summed E-state index contributed by atoms with van der Waals surface area (Å²) in [6.45, 7) is 6.07. The van der Waals surface area contributed by atoms with Crippen LogP contribution in [0.3, 0.4) is 0 Å². The highest BCUT2D eigenvalue weighted by molar-refractivity contribution is 5.94. The molecule has 1 aromatic rings. The number of amides is 1. The van der Waals surface area contributed by atoms with E-state index in [-0.39, 0.29) is 12.0 Å². The average Bonchev–Trinajstić information content (AvgIpc) is 3.34. The van der Waals surface area contributed by atoms with Gasteiger partial charge in [0.2, 0.25) is 0 Å². The van der Waals surface area contributed by atoms with Crippen molar-refractivity contribution in [2.24, 2.45) is 5.92 Å². The fourth-order valence-electron chi connectivity index (χ4n) is 2.17. The number of rotatable bonds is 10. The minimum atomic E-state index is -0.110. The lowest BCUT2D eigenvalue weighted by Crippen LogP contribution is -2.25. The number of carbonyl (C=O) groups is 1. The van der Waals surface area contributed by atoms with Gasteiger partial charge in [0, 0.05) is 25.3 Å². The van der Waals surface area contributed by atoms with Gasteiger partial charge in [0.25, 0.3) is 5.91 Å². The Hall–Kier alpha value is -1.75. The molecule has 0 atom stereocenters. The zero-order valence-corrected chi connectivity index (χ0v) is 14.3. The Balaban J connectivity index is 1.76. The van der Waals surface area contributed by atoms with E-state index in [0.717, 1.165) is 18.9 Å². The first-order valence-corrected chi connectivity index (χ1v) is 8.30. The maximum atomic E-state index is 12.1. The number of nitrogens with one attached hydrogen (secondary N) is 1. The Bertz CT molecular complexity index is 512. The quantitative estimate of drug-likeness (QED) is 0.673.